The maximum Gasteiger partial charge on any atom is 0.151 e. The van der Waals surface area contributed by atoms with Gasteiger partial charge >= 0.3 is 0 Å². The summed E-state index contributed by atoms with van der Waals surface area (Å²) in [5, 5.41) is 6.82. The Labute approximate surface area is 136 Å². The van der Waals surface area contributed by atoms with Gasteiger partial charge in [-0.2, -0.15) is 0 Å². The Morgan fingerprint density at radius 2 is 1.22 bits per heavy atom. The van der Waals surface area contributed by atoms with Crippen LogP contribution in [-0.4, -0.2) is 19.9 Å². The summed E-state index contributed by atoms with van der Waals surface area (Å²) in [6.45, 7) is 2.14. The van der Waals surface area contributed by atoms with Gasteiger partial charge in [0.05, 0.1) is 0 Å². The average Bonchev–Trinajstić information content (AvgIpc) is 2.62. The molecule has 4 heteroatoms. The van der Waals surface area contributed by atoms with E-state index in [0.717, 1.165) is 25.9 Å². The first kappa shape index (κ1) is 14.8. The zero-order chi connectivity index (χ0) is 15.5. The molecule has 23 heavy (non-hydrogen) atoms. The Bertz CT molecular complexity index is 616. The van der Waals surface area contributed by atoms with Crippen molar-refractivity contribution in [1.82, 2.24) is 10.6 Å². The van der Waals surface area contributed by atoms with Crippen LogP contribution in [0.25, 0.3) is 0 Å². The first-order valence-electron chi connectivity index (χ1n) is 8.27. The Balaban J connectivity index is 1.38. The van der Waals surface area contributed by atoms with Gasteiger partial charge < -0.3 is 9.47 Å². The van der Waals surface area contributed by atoms with E-state index in [1.165, 1.54) is 22.3 Å². The van der Waals surface area contributed by atoms with Gasteiger partial charge in [0.2, 0.25) is 0 Å². The molecule has 0 fully saturated rings. The van der Waals surface area contributed by atoms with Crippen molar-refractivity contribution in [1.29, 1.82) is 0 Å². The molecule has 0 bridgehead atoms. The molecule has 0 saturated carbocycles. The highest BCUT2D eigenvalue weighted by Crippen LogP contribution is 2.26. The third-order valence-corrected chi connectivity index (χ3v) is 4.59. The summed E-state index contributed by atoms with van der Waals surface area (Å²) in [5.41, 5.74) is 5.16. The molecule has 0 spiro atoms. The highest BCUT2D eigenvalue weighted by atomic mass is 16.7. The molecule has 2 atom stereocenters. The predicted octanol–water partition coefficient (Wildman–Crippen LogP) is 2.67. The largest absolute Gasteiger partial charge is 0.333 e. The van der Waals surface area contributed by atoms with Crippen LogP contribution in [0.5, 0.6) is 0 Å². The second-order valence-electron chi connectivity index (χ2n) is 6.02. The fourth-order valence-corrected chi connectivity index (χ4v) is 3.40. The first-order chi connectivity index (χ1) is 11.4. The van der Waals surface area contributed by atoms with E-state index >= 15 is 0 Å². The molecule has 0 amide bonds. The zero-order valence-electron chi connectivity index (χ0n) is 13.1. The van der Waals surface area contributed by atoms with Crippen molar-refractivity contribution in [2.75, 3.05) is 19.9 Å². The summed E-state index contributed by atoms with van der Waals surface area (Å²) in [7, 11) is 0. The Morgan fingerprint density at radius 3 is 1.74 bits per heavy atom. The third-order valence-electron chi connectivity index (χ3n) is 4.59. The maximum atomic E-state index is 5.95. The van der Waals surface area contributed by atoms with Crippen LogP contribution in [0.2, 0.25) is 0 Å². The maximum absolute atomic E-state index is 5.95. The van der Waals surface area contributed by atoms with Crippen LogP contribution >= 0.6 is 0 Å². The van der Waals surface area contributed by atoms with Gasteiger partial charge in [0.15, 0.2) is 6.79 Å². The van der Waals surface area contributed by atoms with Crippen LogP contribution < -0.4 is 10.6 Å². The molecule has 2 heterocycles. The van der Waals surface area contributed by atoms with E-state index < -0.39 is 0 Å². The number of fused-ring (bicyclic) bond motifs is 2. The fraction of sp³-hybridized carbons (Fsp3) is 0.368. The molecule has 2 aromatic rings. The van der Waals surface area contributed by atoms with E-state index in [9.17, 15) is 0 Å². The molecule has 4 nitrogen and oxygen atoms in total. The minimum Gasteiger partial charge on any atom is -0.333 e. The fourth-order valence-electron chi connectivity index (χ4n) is 3.40. The second-order valence-corrected chi connectivity index (χ2v) is 6.02. The van der Waals surface area contributed by atoms with Crippen molar-refractivity contribution in [3.63, 3.8) is 0 Å². The predicted molar refractivity (Wildman–Crippen MR) is 88.8 cm³/mol. The van der Waals surface area contributed by atoms with Crippen molar-refractivity contribution in [2.24, 2.45) is 0 Å². The van der Waals surface area contributed by atoms with Gasteiger partial charge in [-0.25, -0.2) is 0 Å². The van der Waals surface area contributed by atoms with E-state index in [4.69, 9.17) is 9.47 Å². The Kier molecular flexibility index (Phi) is 4.39. The van der Waals surface area contributed by atoms with Crippen LogP contribution in [0.1, 0.15) is 34.7 Å². The third kappa shape index (κ3) is 3.16. The summed E-state index contributed by atoms with van der Waals surface area (Å²) in [6.07, 6.45) is 1.93. The van der Waals surface area contributed by atoms with Crippen LogP contribution in [0, 0.1) is 0 Å². The van der Waals surface area contributed by atoms with Crippen molar-refractivity contribution < 1.29 is 9.47 Å². The molecule has 2 N–H and O–H groups in total. The zero-order valence-corrected chi connectivity index (χ0v) is 13.1. The normalized spacial score (nSPS) is 23.1. The van der Waals surface area contributed by atoms with Gasteiger partial charge in [0.25, 0.3) is 0 Å². The molecule has 0 aromatic heterocycles. The van der Waals surface area contributed by atoms with E-state index in [1.54, 1.807) is 0 Å². The van der Waals surface area contributed by atoms with Gasteiger partial charge in [-0.05, 0) is 35.1 Å². The number of ether oxygens (including phenoxy) is 2. The molecule has 2 aromatic carbocycles. The van der Waals surface area contributed by atoms with Gasteiger partial charge in [-0.3, -0.25) is 10.6 Å². The highest BCUT2D eigenvalue weighted by Gasteiger charge is 2.22. The summed E-state index contributed by atoms with van der Waals surface area (Å²) in [6, 6.07) is 16.9. The second kappa shape index (κ2) is 6.81. The van der Waals surface area contributed by atoms with E-state index in [-0.39, 0.29) is 19.2 Å². The number of hydrogen-bond acceptors (Lipinski definition) is 4. The van der Waals surface area contributed by atoms with Crippen LogP contribution in [0.3, 0.4) is 0 Å². The molecule has 120 valence electrons. The highest BCUT2D eigenvalue weighted by molar-refractivity contribution is 5.32. The number of nitrogens with one attached hydrogen (secondary N) is 2. The molecular weight excluding hydrogens is 288 g/mol. The lowest BCUT2D eigenvalue weighted by Gasteiger charge is -2.29. The van der Waals surface area contributed by atoms with Gasteiger partial charge in [-0.1, -0.05) is 48.5 Å². The monoisotopic (exact) mass is 310 g/mol. The smallest absolute Gasteiger partial charge is 0.151 e. The minimum atomic E-state index is -0.0845. The summed E-state index contributed by atoms with van der Waals surface area (Å²) >= 11 is 0. The van der Waals surface area contributed by atoms with Crippen LogP contribution in [0.15, 0.2) is 48.5 Å². The molecule has 0 saturated heterocycles. The van der Waals surface area contributed by atoms with Crippen LogP contribution in [-0.2, 0) is 22.3 Å². The number of benzene rings is 2. The van der Waals surface area contributed by atoms with E-state index in [1.807, 2.05) is 0 Å². The van der Waals surface area contributed by atoms with Crippen molar-refractivity contribution in [3.05, 3.63) is 70.8 Å². The summed E-state index contributed by atoms with van der Waals surface area (Å²) < 4.78 is 11.9. The quantitative estimate of drug-likeness (QED) is 0.852. The number of rotatable bonds is 4. The molecule has 2 aliphatic rings. The minimum absolute atomic E-state index is 0.0845. The molecule has 2 unspecified atom stereocenters. The molecular formula is C19H22N2O2. The van der Waals surface area contributed by atoms with Gasteiger partial charge in [0, 0.05) is 13.1 Å². The molecule has 0 aliphatic carbocycles. The molecule has 4 rings (SSSR count). The van der Waals surface area contributed by atoms with Gasteiger partial charge in [0.1, 0.15) is 12.5 Å². The summed E-state index contributed by atoms with van der Waals surface area (Å²) in [5.74, 6) is 0. The van der Waals surface area contributed by atoms with Gasteiger partial charge in [-0.15, -0.1) is 0 Å². The molecule has 0 radical (unpaired) electrons. The lowest BCUT2D eigenvalue weighted by molar-refractivity contribution is -0.139. The Morgan fingerprint density at radius 1 is 0.739 bits per heavy atom. The average molecular weight is 310 g/mol. The number of hydrogen-bond donors (Lipinski definition) is 2. The standard InChI is InChI=1S/C19H22N2O2/c1-3-7-16-14(5-1)9-11-20-18(16)22-13-23-19-17-8-4-2-6-15(17)10-12-21-19/h1-8,18-21H,9-13H2. The lowest BCUT2D eigenvalue weighted by atomic mass is 10.00. The van der Waals surface area contributed by atoms with Crippen molar-refractivity contribution >= 4 is 0 Å². The SMILES string of the molecule is c1ccc2c(c1)CCNC2OCOC1NCCc2ccccc21. The Hall–Kier alpha value is -1.72. The topological polar surface area (TPSA) is 42.5 Å². The van der Waals surface area contributed by atoms with E-state index in [2.05, 4.69) is 59.2 Å². The molecule has 2 aliphatic heterocycles. The first-order valence-corrected chi connectivity index (χ1v) is 8.27. The lowest BCUT2D eigenvalue weighted by Crippen LogP contribution is -2.34. The van der Waals surface area contributed by atoms with Crippen molar-refractivity contribution in [2.45, 2.75) is 25.3 Å². The van der Waals surface area contributed by atoms with E-state index in [0.29, 0.717) is 0 Å². The van der Waals surface area contributed by atoms with Crippen molar-refractivity contribution in [3.8, 4) is 0 Å². The summed E-state index contributed by atoms with van der Waals surface area (Å²) in [4.78, 5) is 0. The van der Waals surface area contributed by atoms with Crippen LogP contribution in [0.4, 0.5) is 0 Å².